The van der Waals surface area contributed by atoms with Gasteiger partial charge >= 0.3 is 0 Å². The molecule has 2 rings (SSSR count). The molecule has 5 heteroatoms. The van der Waals surface area contributed by atoms with Crippen molar-refractivity contribution in [3.63, 3.8) is 0 Å². The highest BCUT2D eigenvalue weighted by atomic mass is 35.5. The third-order valence-corrected chi connectivity index (χ3v) is 3.74. The Morgan fingerprint density at radius 1 is 1.38 bits per heavy atom. The van der Waals surface area contributed by atoms with Crippen LogP contribution in [-0.2, 0) is 4.79 Å². The molecule has 1 aliphatic heterocycles. The highest BCUT2D eigenvalue weighted by Crippen LogP contribution is 2.33. The van der Waals surface area contributed by atoms with E-state index >= 15 is 0 Å². The van der Waals surface area contributed by atoms with Crippen molar-refractivity contribution in [3.05, 3.63) is 28.3 Å². The standard InChI is InChI=1S/C11H11ClN2OS/c1-6-3-8(12)9(4-7(6)2)14-10(15)5-16-11(14)13/h3-4,13H,5H2,1-2H3. The Kier molecular flexibility index (Phi) is 2.95. The Morgan fingerprint density at radius 3 is 2.56 bits per heavy atom. The van der Waals surface area contributed by atoms with Gasteiger partial charge in [-0.3, -0.25) is 15.1 Å². The number of rotatable bonds is 1. The fraction of sp³-hybridized carbons (Fsp3) is 0.273. The topological polar surface area (TPSA) is 44.2 Å². The van der Waals surface area contributed by atoms with Crippen LogP contribution in [0.5, 0.6) is 0 Å². The zero-order valence-corrected chi connectivity index (χ0v) is 10.6. The third kappa shape index (κ3) is 1.83. The lowest BCUT2D eigenvalue weighted by Crippen LogP contribution is -2.28. The quantitative estimate of drug-likeness (QED) is 0.837. The van der Waals surface area contributed by atoms with Crippen LogP contribution < -0.4 is 4.90 Å². The summed E-state index contributed by atoms with van der Waals surface area (Å²) >= 11 is 7.34. The monoisotopic (exact) mass is 254 g/mol. The zero-order chi connectivity index (χ0) is 11.9. The normalized spacial score (nSPS) is 16.1. The first-order valence-corrected chi connectivity index (χ1v) is 6.18. The largest absolute Gasteiger partial charge is 0.278 e. The molecule has 0 atom stereocenters. The van der Waals surface area contributed by atoms with Gasteiger partial charge in [0.15, 0.2) is 5.17 Å². The molecule has 3 nitrogen and oxygen atoms in total. The summed E-state index contributed by atoms with van der Waals surface area (Å²) in [5.41, 5.74) is 2.77. The van der Waals surface area contributed by atoms with Crippen LogP contribution in [-0.4, -0.2) is 16.8 Å². The van der Waals surface area contributed by atoms with E-state index in [4.69, 9.17) is 17.0 Å². The van der Waals surface area contributed by atoms with Crippen LogP contribution in [0.3, 0.4) is 0 Å². The summed E-state index contributed by atoms with van der Waals surface area (Å²) in [4.78, 5) is 13.0. The molecule has 1 N–H and O–H groups in total. The van der Waals surface area contributed by atoms with E-state index in [0.717, 1.165) is 11.1 Å². The van der Waals surface area contributed by atoms with Gasteiger partial charge in [-0.1, -0.05) is 23.4 Å². The number of aryl methyl sites for hydroxylation is 2. The predicted molar refractivity (Wildman–Crippen MR) is 68.6 cm³/mol. The average Bonchev–Trinajstić information content (AvgIpc) is 2.53. The van der Waals surface area contributed by atoms with E-state index in [9.17, 15) is 4.79 Å². The highest BCUT2D eigenvalue weighted by molar-refractivity contribution is 8.15. The van der Waals surface area contributed by atoms with E-state index in [0.29, 0.717) is 16.5 Å². The number of hydrogen-bond acceptors (Lipinski definition) is 3. The van der Waals surface area contributed by atoms with Gasteiger partial charge in [0.1, 0.15) is 0 Å². The second-order valence-corrected chi connectivity index (χ2v) is 5.08. The van der Waals surface area contributed by atoms with Gasteiger partial charge in [0.2, 0.25) is 5.91 Å². The number of amidine groups is 1. The maximum Gasteiger partial charge on any atom is 0.243 e. The predicted octanol–water partition coefficient (Wildman–Crippen LogP) is 2.97. The molecule has 0 aromatic heterocycles. The first kappa shape index (κ1) is 11.5. The number of nitrogens with one attached hydrogen (secondary N) is 1. The smallest absolute Gasteiger partial charge is 0.243 e. The number of anilines is 1. The second-order valence-electron chi connectivity index (χ2n) is 3.71. The van der Waals surface area contributed by atoms with Crippen molar-refractivity contribution < 1.29 is 4.79 Å². The number of carbonyl (C=O) groups excluding carboxylic acids is 1. The van der Waals surface area contributed by atoms with Crippen molar-refractivity contribution in [1.29, 1.82) is 5.41 Å². The third-order valence-electron chi connectivity index (χ3n) is 2.59. The van der Waals surface area contributed by atoms with E-state index in [1.807, 2.05) is 26.0 Å². The molecule has 1 aromatic carbocycles. The van der Waals surface area contributed by atoms with Crippen molar-refractivity contribution >= 4 is 40.1 Å². The number of halogens is 1. The first-order valence-electron chi connectivity index (χ1n) is 4.81. The lowest BCUT2D eigenvalue weighted by atomic mass is 10.1. The molecular formula is C11H11ClN2OS. The lowest BCUT2D eigenvalue weighted by molar-refractivity contribution is -0.115. The fourth-order valence-corrected chi connectivity index (χ4v) is 2.57. The van der Waals surface area contributed by atoms with Crippen molar-refractivity contribution in [2.75, 3.05) is 10.7 Å². The summed E-state index contributed by atoms with van der Waals surface area (Å²) in [5.74, 6) is 0.238. The van der Waals surface area contributed by atoms with Crippen LogP contribution in [0.1, 0.15) is 11.1 Å². The van der Waals surface area contributed by atoms with Crippen molar-refractivity contribution in [1.82, 2.24) is 0 Å². The molecule has 1 aromatic rings. The maximum absolute atomic E-state index is 11.6. The Hall–Kier alpha value is -1.00. The molecule has 0 aliphatic carbocycles. The van der Waals surface area contributed by atoms with Gasteiger partial charge in [0.25, 0.3) is 0 Å². The lowest BCUT2D eigenvalue weighted by Gasteiger charge is -2.17. The van der Waals surface area contributed by atoms with Crippen molar-refractivity contribution in [3.8, 4) is 0 Å². The highest BCUT2D eigenvalue weighted by Gasteiger charge is 2.29. The number of thioether (sulfide) groups is 1. The van der Waals surface area contributed by atoms with Crippen LogP contribution in [0, 0.1) is 19.3 Å². The van der Waals surface area contributed by atoms with Crippen LogP contribution in [0.25, 0.3) is 0 Å². The summed E-state index contributed by atoms with van der Waals surface area (Å²) < 4.78 is 0. The molecule has 1 aliphatic rings. The molecule has 84 valence electrons. The van der Waals surface area contributed by atoms with E-state index < -0.39 is 0 Å². The molecule has 1 saturated heterocycles. The van der Waals surface area contributed by atoms with E-state index in [1.54, 1.807) is 0 Å². The van der Waals surface area contributed by atoms with Gasteiger partial charge in [-0.15, -0.1) is 0 Å². The molecule has 0 bridgehead atoms. The van der Waals surface area contributed by atoms with Crippen LogP contribution in [0.15, 0.2) is 12.1 Å². The van der Waals surface area contributed by atoms with Crippen LogP contribution in [0.4, 0.5) is 5.69 Å². The summed E-state index contributed by atoms with van der Waals surface area (Å²) in [5, 5.41) is 8.47. The number of nitrogens with zero attached hydrogens (tertiary/aromatic N) is 1. The fourth-order valence-electron chi connectivity index (χ4n) is 1.55. The van der Waals surface area contributed by atoms with E-state index in [1.165, 1.54) is 16.7 Å². The molecule has 1 amide bonds. The molecule has 1 heterocycles. The second kappa shape index (κ2) is 4.11. The summed E-state index contributed by atoms with van der Waals surface area (Å²) in [7, 11) is 0. The molecule has 1 fully saturated rings. The Bertz CT molecular complexity index is 471. The summed E-state index contributed by atoms with van der Waals surface area (Å²) in [6, 6.07) is 3.69. The van der Waals surface area contributed by atoms with Crippen molar-refractivity contribution in [2.24, 2.45) is 0 Å². The Labute approximate surface area is 103 Å². The molecule has 0 spiro atoms. The number of carbonyl (C=O) groups is 1. The number of hydrogen-bond donors (Lipinski definition) is 1. The minimum Gasteiger partial charge on any atom is -0.278 e. The molecule has 0 unspecified atom stereocenters. The van der Waals surface area contributed by atoms with Gasteiger partial charge < -0.3 is 0 Å². The molecule has 0 saturated carbocycles. The Morgan fingerprint density at radius 2 is 2.00 bits per heavy atom. The van der Waals surface area contributed by atoms with Gasteiger partial charge in [0.05, 0.1) is 16.5 Å². The van der Waals surface area contributed by atoms with Gasteiger partial charge in [-0.05, 0) is 37.1 Å². The molecule has 0 radical (unpaired) electrons. The minimum absolute atomic E-state index is 0.0832. The summed E-state index contributed by atoms with van der Waals surface area (Å²) in [6.45, 7) is 3.93. The van der Waals surface area contributed by atoms with Gasteiger partial charge in [0, 0.05) is 0 Å². The zero-order valence-electron chi connectivity index (χ0n) is 9.00. The van der Waals surface area contributed by atoms with Crippen LogP contribution >= 0.6 is 23.4 Å². The number of benzene rings is 1. The SMILES string of the molecule is Cc1cc(Cl)c(N2C(=N)SCC2=O)cc1C. The van der Waals surface area contributed by atoms with Gasteiger partial charge in [-0.25, -0.2) is 0 Å². The summed E-state index contributed by atoms with van der Waals surface area (Å²) in [6.07, 6.45) is 0. The first-order chi connectivity index (χ1) is 7.50. The van der Waals surface area contributed by atoms with Crippen LogP contribution in [0.2, 0.25) is 5.02 Å². The number of amides is 1. The average molecular weight is 255 g/mol. The van der Waals surface area contributed by atoms with E-state index in [-0.39, 0.29) is 11.1 Å². The Balaban J connectivity index is 2.51. The minimum atomic E-state index is -0.0832. The molecule has 16 heavy (non-hydrogen) atoms. The maximum atomic E-state index is 11.6. The molecular weight excluding hydrogens is 244 g/mol. The van der Waals surface area contributed by atoms with E-state index in [2.05, 4.69) is 0 Å². The van der Waals surface area contributed by atoms with Gasteiger partial charge in [-0.2, -0.15) is 0 Å². The van der Waals surface area contributed by atoms with Crippen molar-refractivity contribution in [2.45, 2.75) is 13.8 Å².